The third-order valence-corrected chi connectivity index (χ3v) is 2.06. The van der Waals surface area contributed by atoms with Crippen molar-refractivity contribution >= 4 is 17.3 Å². The second-order valence-electron chi connectivity index (χ2n) is 2.56. The van der Waals surface area contributed by atoms with Crippen LogP contribution in [0.15, 0.2) is 30.3 Å². The first-order valence-electron chi connectivity index (χ1n) is 3.93. The van der Waals surface area contributed by atoms with Crippen molar-refractivity contribution in [3.63, 3.8) is 0 Å². The van der Waals surface area contributed by atoms with Gasteiger partial charge in [-0.05, 0) is 24.2 Å². The van der Waals surface area contributed by atoms with Gasteiger partial charge in [0, 0.05) is 6.42 Å². The third-order valence-electron chi connectivity index (χ3n) is 1.69. The Morgan fingerprint density at radius 3 is 2.58 bits per heavy atom. The van der Waals surface area contributed by atoms with Crippen LogP contribution >= 0.6 is 12.2 Å². The van der Waals surface area contributed by atoms with E-state index in [0.717, 1.165) is 12.8 Å². The van der Waals surface area contributed by atoms with E-state index < -0.39 is 0 Å². The van der Waals surface area contributed by atoms with Crippen molar-refractivity contribution in [3.8, 4) is 0 Å². The Kier molecular flexibility index (Phi) is 3.74. The normalized spacial score (nSPS) is 9.42. The first-order chi connectivity index (χ1) is 5.83. The summed E-state index contributed by atoms with van der Waals surface area (Å²) in [4.78, 5) is 0. The largest absolute Gasteiger partial charge is 0.490 e. The van der Waals surface area contributed by atoms with Gasteiger partial charge in [-0.2, -0.15) is 0 Å². The first kappa shape index (κ1) is 9.20. The summed E-state index contributed by atoms with van der Waals surface area (Å²) in [5, 5.41) is 0.679. The molecular weight excluding hydrogens is 168 g/mol. The molecule has 0 radical (unpaired) electrons. The molecule has 0 aliphatic heterocycles. The van der Waals surface area contributed by atoms with Crippen LogP contribution in [-0.2, 0) is 11.2 Å². The van der Waals surface area contributed by atoms with E-state index in [1.165, 1.54) is 5.56 Å². The van der Waals surface area contributed by atoms with Gasteiger partial charge in [0.25, 0.3) is 0 Å². The third kappa shape index (κ3) is 3.01. The Labute approximate surface area is 78.4 Å². The molecule has 0 bridgehead atoms. The van der Waals surface area contributed by atoms with E-state index in [4.69, 9.17) is 17.0 Å². The zero-order valence-electron chi connectivity index (χ0n) is 7.12. The van der Waals surface area contributed by atoms with E-state index in [2.05, 4.69) is 12.1 Å². The molecule has 0 aliphatic rings. The fourth-order valence-corrected chi connectivity index (χ4v) is 1.10. The number of aryl methyl sites for hydroxylation is 1. The lowest BCUT2D eigenvalue weighted by Gasteiger charge is -2.01. The minimum atomic E-state index is 0.679. The highest BCUT2D eigenvalue weighted by molar-refractivity contribution is 7.80. The van der Waals surface area contributed by atoms with Gasteiger partial charge in [0.2, 0.25) is 0 Å². The van der Waals surface area contributed by atoms with Gasteiger partial charge in [-0.1, -0.05) is 30.3 Å². The van der Waals surface area contributed by atoms with Gasteiger partial charge in [-0.15, -0.1) is 0 Å². The monoisotopic (exact) mass is 180 g/mol. The zero-order chi connectivity index (χ0) is 8.81. The Morgan fingerprint density at radius 2 is 2.00 bits per heavy atom. The van der Waals surface area contributed by atoms with Crippen LogP contribution in [0.5, 0.6) is 0 Å². The Morgan fingerprint density at radius 1 is 1.33 bits per heavy atom. The Hall–Kier alpha value is -0.890. The van der Waals surface area contributed by atoms with Crippen molar-refractivity contribution in [3.05, 3.63) is 35.9 Å². The maximum Gasteiger partial charge on any atom is 0.159 e. The van der Waals surface area contributed by atoms with Crippen LogP contribution in [0.4, 0.5) is 0 Å². The van der Waals surface area contributed by atoms with E-state index in [9.17, 15) is 0 Å². The maximum atomic E-state index is 4.93. The topological polar surface area (TPSA) is 9.23 Å². The van der Waals surface area contributed by atoms with Gasteiger partial charge in [-0.3, -0.25) is 0 Å². The second kappa shape index (κ2) is 4.88. The number of hydrogen-bond donors (Lipinski definition) is 0. The fraction of sp³-hybridized carbons (Fsp3) is 0.300. The summed E-state index contributed by atoms with van der Waals surface area (Å²) in [6.07, 6.45) is 1.80. The summed E-state index contributed by atoms with van der Waals surface area (Å²) in [7, 11) is 1.62. The molecule has 0 fully saturated rings. The van der Waals surface area contributed by atoms with E-state index in [-0.39, 0.29) is 0 Å². The minimum Gasteiger partial charge on any atom is -0.490 e. The molecule has 0 aromatic heterocycles. The predicted molar refractivity (Wildman–Crippen MR) is 54.4 cm³/mol. The molecule has 64 valence electrons. The standard InChI is InChI=1S/C10H12OS/c1-11-10(12)8-7-9-5-3-2-4-6-9/h2-6H,7-8H2,1H3. The summed E-state index contributed by atoms with van der Waals surface area (Å²) in [6.45, 7) is 0. The number of ether oxygens (including phenoxy) is 1. The van der Waals surface area contributed by atoms with Crippen molar-refractivity contribution in [2.75, 3.05) is 7.11 Å². The van der Waals surface area contributed by atoms with Crippen LogP contribution in [0, 0.1) is 0 Å². The summed E-state index contributed by atoms with van der Waals surface area (Å²) >= 11 is 4.93. The number of methoxy groups -OCH3 is 1. The van der Waals surface area contributed by atoms with Gasteiger partial charge < -0.3 is 4.74 Å². The summed E-state index contributed by atoms with van der Waals surface area (Å²) < 4.78 is 4.90. The van der Waals surface area contributed by atoms with Gasteiger partial charge in [0.05, 0.1) is 7.11 Å². The van der Waals surface area contributed by atoms with Crippen molar-refractivity contribution in [1.29, 1.82) is 0 Å². The Bertz CT molecular complexity index is 243. The van der Waals surface area contributed by atoms with Crippen LogP contribution in [-0.4, -0.2) is 12.2 Å². The average molecular weight is 180 g/mol. The van der Waals surface area contributed by atoms with Gasteiger partial charge in [0.1, 0.15) is 0 Å². The highest BCUT2D eigenvalue weighted by atomic mass is 32.1. The van der Waals surface area contributed by atoms with Crippen molar-refractivity contribution in [1.82, 2.24) is 0 Å². The van der Waals surface area contributed by atoms with E-state index >= 15 is 0 Å². The van der Waals surface area contributed by atoms with Crippen LogP contribution in [0.2, 0.25) is 0 Å². The zero-order valence-corrected chi connectivity index (χ0v) is 7.93. The fourth-order valence-electron chi connectivity index (χ4n) is 0.993. The first-order valence-corrected chi connectivity index (χ1v) is 4.34. The number of rotatable bonds is 3. The molecule has 1 nitrogen and oxygen atoms in total. The van der Waals surface area contributed by atoms with Gasteiger partial charge >= 0.3 is 0 Å². The van der Waals surface area contributed by atoms with Gasteiger partial charge in [-0.25, -0.2) is 0 Å². The summed E-state index contributed by atoms with van der Waals surface area (Å²) in [6, 6.07) is 10.3. The van der Waals surface area contributed by atoms with E-state index in [1.807, 2.05) is 18.2 Å². The molecular formula is C10H12OS. The molecule has 0 saturated heterocycles. The van der Waals surface area contributed by atoms with Crippen LogP contribution in [0.3, 0.4) is 0 Å². The molecule has 0 spiro atoms. The molecule has 12 heavy (non-hydrogen) atoms. The highest BCUT2D eigenvalue weighted by Crippen LogP contribution is 2.03. The number of thiocarbonyl (C=S) groups is 1. The van der Waals surface area contributed by atoms with Crippen molar-refractivity contribution < 1.29 is 4.74 Å². The lowest BCUT2D eigenvalue weighted by molar-refractivity contribution is 0.402. The molecule has 0 saturated carbocycles. The Balaban J connectivity index is 2.38. The van der Waals surface area contributed by atoms with Crippen LogP contribution in [0.25, 0.3) is 0 Å². The average Bonchev–Trinajstić information content (AvgIpc) is 2.16. The molecule has 1 aromatic rings. The maximum absolute atomic E-state index is 4.93. The molecule has 0 amide bonds. The van der Waals surface area contributed by atoms with Crippen molar-refractivity contribution in [2.24, 2.45) is 0 Å². The lowest BCUT2D eigenvalue weighted by Crippen LogP contribution is -1.98. The summed E-state index contributed by atoms with van der Waals surface area (Å²) in [5.41, 5.74) is 1.30. The van der Waals surface area contributed by atoms with Crippen LogP contribution in [0.1, 0.15) is 12.0 Å². The number of benzene rings is 1. The molecule has 0 aliphatic carbocycles. The molecule has 0 N–H and O–H groups in total. The van der Waals surface area contributed by atoms with Gasteiger partial charge in [0.15, 0.2) is 5.05 Å². The molecule has 0 atom stereocenters. The predicted octanol–water partition coefficient (Wildman–Crippen LogP) is 2.59. The van der Waals surface area contributed by atoms with E-state index in [0.29, 0.717) is 5.05 Å². The summed E-state index contributed by atoms with van der Waals surface area (Å²) in [5.74, 6) is 0. The quantitative estimate of drug-likeness (QED) is 0.661. The highest BCUT2D eigenvalue weighted by Gasteiger charge is 1.95. The molecule has 0 unspecified atom stereocenters. The molecule has 1 aromatic carbocycles. The molecule has 0 heterocycles. The smallest absolute Gasteiger partial charge is 0.159 e. The molecule has 1 rings (SSSR count). The van der Waals surface area contributed by atoms with Crippen molar-refractivity contribution in [2.45, 2.75) is 12.8 Å². The minimum absolute atomic E-state index is 0.679. The van der Waals surface area contributed by atoms with Crippen LogP contribution < -0.4 is 0 Å². The SMILES string of the molecule is COC(=S)CCc1ccccc1. The second-order valence-corrected chi connectivity index (χ2v) is 3.02. The number of hydrogen-bond acceptors (Lipinski definition) is 2. The molecule has 2 heteroatoms. The van der Waals surface area contributed by atoms with E-state index in [1.54, 1.807) is 7.11 Å². The lowest BCUT2D eigenvalue weighted by atomic mass is 10.1.